The summed E-state index contributed by atoms with van der Waals surface area (Å²) in [5.74, 6) is 0.423. The Morgan fingerprint density at radius 1 is 1.58 bits per heavy atom. The molecule has 3 nitrogen and oxygen atoms in total. The SMILES string of the molecule is CC(O)CC(=O)C1CCNCC1. The number of ketones is 1. The van der Waals surface area contributed by atoms with Crippen molar-refractivity contribution in [1.29, 1.82) is 0 Å². The van der Waals surface area contributed by atoms with Crippen molar-refractivity contribution in [3.8, 4) is 0 Å². The van der Waals surface area contributed by atoms with Gasteiger partial charge in [0.05, 0.1) is 6.10 Å². The van der Waals surface area contributed by atoms with Crippen LogP contribution in [0.1, 0.15) is 26.2 Å². The van der Waals surface area contributed by atoms with Gasteiger partial charge in [-0.05, 0) is 32.9 Å². The molecule has 1 aliphatic rings. The number of aliphatic hydroxyl groups excluding tert-OH is 1. The van der Waals surface area contributed by atoms with Gasteiger partial charge in [0.1, 0.15) is 5.78 Å². The van der Waals surface area contributed by atoms with E-state index >= 15 is 0 Å². The zero-order valence-electron chi connectivity index (χ0n) is 7.55. The van der Waals surface area contributed by atoms with Gasteiger partial charge in [-0.3, -0.25) is 4.79 Å². The monoisotopic (exact) mass is 171 g/mol. The van der Waals surface area contributed by atoms with Gasteiger partial charge in [0.25, 0.3) is 0 Å². The molecule has 1 rings (SSSR count). The van der Waals surface area contributed by atoms with E-state index in [1.165, 1.54) is 0 Å². The quantitative estimate of drug-likeness (QED) is 0.643. The van der Waals surface area contributed by atoms with Crippen molar-refractivity contribution in [2.45, 2.75) is 32.3 Å². The third-order valence-corrected chi connectivity index (χ3v) is 2.29. The van der Waals surface area contributed by atoms with Crippen LogP contribution in [0.3, 0.4) is 0 Å². The smallest absolute Gasteiger partial charge is 0.138 e. The molecular weight excluding hydrogens is 154 g/mol. The van der Waals surface area contributed by atoms with Gasteiger partial charge in [-0.25, -0.2) is 0 Å². The number of rotatable bonds is 3. The number of nitrogens with one attached hydrogen (secondary N) is 1. The Morgan fingerprint density at radius 3 is 2.67 bits per heavy atom. The van der Waals surface area contributed by atoms with Gasteiger partial charge in [-0.15, -0.1) is 0 Å². The number of hydrogen-bond donors (Lipinski definition) is 2. The second-order valence-electron chi connectivity index (χ2n) is 3.54. The van der Waals surface area contributed by atoms with Crippen molar-refractivity contribution >= 4 is 5.78 Å². The summed E-state index contributed by atoms with van der Waals surface area (Å²) in [5, 5.41) is 12.2. The summed E-state index contributed by atoms with van der Waals surface area (Å²) in [6.45, 7) is 3.55. The average Bonchev–Trinajstić information content (AvgIpc) is 2.05. The van der Waals surface area contributed by atoms with E-state index in [4.69, 9.17) is 5.11 Å². The fourth-order valence-electron chi connectivity index (χ4n) is 1.60. The van der Waals surface area contributed by atoms with Crippen LogP contribution in [0.15, 0.2) is 0 Å². The highest BCUT2D eigenvalue weighted by molar-refractivity contribution is 5.81. The summed E-state index contributed by atoms with van der Waals surface area (Å²) in [5.41, 5.74) is 0. The molecule has 3 heteroatoms. The van der Waals surface area contributed by atoms with E-state index in [0.29, 0.717) is 6.42 Å². The fourth-order valence-corrected chi connectivity index (χ4v) is 1.60. The van der Waals surface area contributed by atoms with Gasteiger partial charge in [-0.1, -0.05) is 0 Å². The predicted molar refractivity (Wildman–Crippen MR) is 46.9 cm³/mol. The van der Waals surface area contributed by atoms with Crippen molar-refractivity contribution in [1.82, 2.24) is 5.32 Å². The van der Waals surface area contributed by atoms with E-state index in [1.54, 1.807) is 6.92 Å². The van der Waals surface area contributed by atoms with Crippen molar-refractivity contribution in [2.24, 2.45) is 5.92 Å². The van der Waals surface area contributed by atoms with Crippen LogP contribution >= 0.6 is 0 Å². The second kappa shape index (κ2) is 4.58. The van der Waals surface area contributed by atoms with E-state index in [0.717, 1.165) is 25.9 Å². The Morgan fingerprint density at radius 2 is 2.17 bits per heavy atom. The lowest BCUT2D eigenvalue weighted by Gasteiger charge is -2.21. The molecule has 0 aromatic carbocycles. The standard InChI is InChI=1S/C9H17NO2/c1-7(11)6-9(12)8-2-4-10-5-3-8/h7-8,10-11H,2-6H2,1H3. The summed E-state index contributed by atoms with van der Waals surface area (Å²) < 4.78 is 0. The number of carbonyl (C=O) groups excluding carboxylic acids is 1. The highest BCUT2D eigenvalue weighted by Gasteiger charge is 2.21. The molecule has 1 aliphatic heterocycles. The molecule has 0 aromatic heterocycles. The number of aliphatic hydroxyl groups is 1. The maximum atomic E-state index is 11.4. The van der Waals surface area contributed by atoms with Crippen LogP contribution in [0.25, 0.3) is 0 Å². The molecule has 0 bridgehead atoms. The van der Waals surface area contributed by atoms with Gasteiger partial charge in [-0.2, -0.15) is 0 Å². The lowest BCUT2D eigenvalue weighted by atomic mass is 9.91. The summed E-state index contributed by atoms with van der Waals surface area (Å²) in [7, 11) is 0. The zero-order chi connectivity index (χ0) is 8.97. The van der Waals surface area contributed by atoms with Crippen LogP contribution in [-0.2, 0) is 4.79 Å². The molecule has 1 saturated heterocycles. The number of carbonyl (C=O) groups is 1. The first kappa shape index (κ1) is 9.68. The summed E-state index contributed by atoms with van der Waals surface area (Å²) in [4.78, 5) is 11.4. The molecule has 0 aliphatic carbocycles. The third-order valence-electron chi connectivity index (χ3n) is 2.29. The van der Waals surface area contributed by atoms with E-state index in [9.17, 15) is 4.79 Å². The molecule has 1 unspecified atom stereocenters. The largest absolute Gasteiger partial charge is 0.393 e. The van der Waals surface area contributed by atoms with Gasteiger partial charge in [0.2, 0.25) is 0 Å². The van der Waals surface area contributed by atoms with E-state index in [1.807, 2.05) is 0 Å². The molecule has 1 atom stereocenters. The summed E-state index contributed by atoms with van der Waals surface area (Å²) in [6.07, 6.45) is 1.72. The zero-order valence-corrected chi connectivity index (χ0v) is 7.55. The Bertz CT molecular complexity index is 151. The maximum absolute atomic E-state index is 11.4. The lowest BCUT2D eigenvalue weighted by molar-refractivity contribution is -0.125. The molecule has 70 valence electrons. The van der Waals surface area contributed by atoms with E-state index in [-0.39, 0.29) is 11.7 Å². The van der Waals surface area contributed by atoms with Gasteiger partial charge in [0.15, 0.2) is 0 Å². The van der Waals surface area contributed by atoms with Crippen molar-refractivity contribution < 1.29 is 9.90 Å². The third kappa shape index (κ3) is 2.91. The first-order chi connectivity index (χ1) is 5.70. The van der Waals surface area contributed by atoms with Gasteiger partial charge < -0.3 is 10.4 Å². The second-order valence-corrected chi connectivity index (χ2v) is 3.54. The van der Waals surface area contributed by atoms with Crippen LogP contribution in [-0.4, -0.2) is 30.1 Å². The van der Waals surface area contributed by atoms with Crippen molar-refractivity contribution in [3.63, 3.8) is 0 Å². The van der Waals surface area contributed by atoms with E-state index in [2.05, 4.69) is 5.32 Å². The van der Waals surface area contributed by atoms with Crippen molar-refractivity contribution in [3.05, 3.63) is 0 Å². The highest BCUT2D eigenvalue weighted by atomic mass is 16.3. The predicted octanol–water partition coefficient (Wildman–Crippen LogP) is 0.326. The number of hydrogen-bond acceptors (Lipinski definition) is 3. The van der Waals surface area contributed by atoms with Gasteiger partial charge in [0, 0.05) is 12.3 Å². The molecule has 0 amide bonds. The first-order valence-corrected chi connectivity index (χ1v) is 4.61. The average molecular weight is 171 g/mol. The molecule has 2 N–H and O–H groups in total. The minimum absolute atomic E-state index is 0.195. The normalized spacial score (nSPS) is 22.2. The maximum Gasteiger partial charge on any atom is 0.138 e. The van der Waals surface area contributed by atoms with Crippen LogP contribution in [0.2, 0.25) is 0 Å². The highest BCUT2D eigenvalue weighted by Crippen LogP contribution is 2.15. The number of Topliss-reactive ketones (excluding diaryl/α,β-unsaturated/α-hetero) is 1. The molecule has 0 spiro atoms. The van der Waals surface area contributed by atoms with Crippen LogP contribution < -0.4 is 5.32 Å². The Labute approximate surface area is 73.2 Å². The topological polar surface area (TPSA) is 49.3 Å². The lowest BCUT2D eigenvalue weighted by Crippen LogP contribution is -2.32. The minimum atomic E-state index is -0.479. The minimum Gasteiger partial charge on any atom is -0.393 e. The molecule has 0 aromatic rings. The molecule has 0 saturated carbocycles. The Kier molecular flexibility index (Phi) is 3.69. The summed E-state index contributed by atoms with van der Waals surface area (Å²) in [6, 6.07) is 0. The molecule has 1 fully saturated rings. The fraction of sp³-hybridized carbons (Fsp3) is 0.889. The number of piperidine rings is 1. The molecule has 0 radical (unpaired) electrons. The molecule has 1 heterocycles. The van der Waals surface area contributed by atoms with Gasteiger partial charge >= 0.3 is 0 Å². The summed E-state index contributed by atoms with van der Waals surface area (Å²) >= 11 is 0. The molecule has 12 heavy (non-hydrogen) atoms. The van der Waals surface area contributed by atoms with Crippen molar-refractivity contribution in [2.75, 3.05) is 13.1 Å². The first-order valence-electron chi connectivity index (χ1n) is 4.61. The van der Waals surface area contributed by atoms with Crippen LogP contribution in [0.4, 0.5) is 0 Å². The molecular formula is C9H17NO2. The Balaban J connectivity index is 2.30. The van der Waals surface area contributed by atoms with E-state index < -0.39 is 6.10 Å². The van der Waals surface area contributed by atoms with Crippen LogP contribution in [0, 0.1) is 5.92 Å². The van der Waals surface area contributed by atoms with Crippen LogP contribution in [0.5, 0.6) is 0 Å². The Hall–Kier alpha value is -0.410.